The summed E-state index contributed by atoms with van der Waals surface area (Å²) in [5.74, 6) is 0. The van der Waals surface area contributed by atoms with Crippen LogP contribution in [0.4, 0.5) is 0 Å². The van der Waals surface area contributed by atoms with Crippen LogP contribution in [0.15, 0.2) is 66.9 Å². The predicted octanol–water partition coefficient (Wildman–Crippen LogP) is 4.40. The number of benzene rings is 2. The minimum absolute atomic E-state index is 1.05. The molecule has 1 nitrogen and oxygen atoms in total. The number of nitrogens with two attached hydrogens (primary N) is 1. The van der Waals surface area contributed by atoms with Gasteiger partial charge < -0.3 is 5.73 Å². The Kier molecular flexibility index (Phi) is 4.19. The molecule has 2 N–H and O–H groups in total. The van der Waals surface area contributed by atoms with E-state index in [0.29, 0.717) is 0 Å². The molecule has 1 heteroatoms. The summed E-state index contributed by atoms with van der Waals surface area (Å²) in [5, 5.41) is 0. The first kappa shape index (κ1) is 13.2. The van der Waals surface area contributed by atoms with Crippen LogP contribution in [0.25, 0.3) is 11.1 Å². The zero-order valence-corrected chi connectivity index (χ0v) is 11.4. The molecule has 0 aliphatic carbocycles. The van der Waals surface area contributed by atoms with Gasteiger partial charge in [-0.15, -0.1) is 0 Å². The molecule has 0 bridgehead atoms. The Hall–Kier alpha value is -2.28. The zero-order valence-electron chi connectivity index (χ0n) is 11.4. The van der Waals surface area contributed by atoms with Crippen LogP contribution in [0, 0.1) is 6.92 Å². The summed E-state index contributed by atoms with van der Waals surface area (Å²) >= 11 is 0. The van der Waals surface area contributed by atoms with Gasteiger partial charge in [-0.3, -0.25) is 0 Å². The van der Waals surface area contributed by atoms with Crippen molar-refractivity contribution in [3.05, 3.63) is 83.6 Å². The normalized spacial score (nSPS) is 12.5. The average molecular weight is 249 g/mol. The first-order valence-electron chi connectivity index (χ1n) is 6.43. The van der Waals surface area contributed by atoms with Crippen molar-refractivity contribution in [2.75, 3.05) is 0 Å². The molecule has 2 rings (SSSR count). The van der Waals surface area contributed by atoms with Crippen LogP contribution in [-0.4, -0.2) is 0 Å². The van der Waals surface area contributed by atoms with Crippen molar-refractivity contribution in [3.8, 4) is 0 Å². The average Bonchev–Trinajstić information content (AvgIpc) is 2.45. The van der Waals surface area contributed by atoms with Crippen molar-refractivity contribution < 1.29 is 0 Å². The minimum Gasteiger partial charge on any atom is -0.404 e. The van der Waals surface area contributed by atoms with Gasteiger partial charge in [-0.05, 0) is 42.2 Å². The molecule has 0 radical (unpaired) electrons. The van der Waals surface area contributed by atoms with Gasteiger partial charge in [-0.1, -0.05) is 60.2 Å². The van der Waals surface area contributed by atoms with Gasteiger partial charge in [-0.2, -0.15) is 0 Å². The lowest BCUT2D eigenvalue weighted by Gasteiger charge is -2.06. The first-order valence-corrected chi connectivity index (χ1v) is 6.43. The highest BCUT2D eigenvalue weighted by atomic mass is 14.5. The third kappa shape index (κ3) is 3.35. The van der Waals surface area contributed by atoms with Crippen molar-refractivity contribution >= 4 is 11.1 Å². The topological polar surface area (TPSA) is 26.0 Å². The van der Waals surface area contributed by atoms with Crippen molar-refractivity contribution in [1.29, 1.82) is 0 Å². The van der Waals surface area contributed by atoms with E-state index in [9.17, 15) is 0 Å². The summed E-state index contributed by atoms with van der Waals surface area (Å²) in [5.41, 5.74) is 11.6. The van der Waals surface area contributed by atoms with E-state index in [0.717, 1.165) is 11.1 Å². The molecular formula is C18H19N. The largest absolute Gasteiger partial charge is 0.404 e. The predicted molar refractivity (Wildman–Crippen MR) is 83.4 cm³/mol. The Morgan fingerprint density at radius 3 is 2.26 bits per heavy atom. The molecule has 2 aromatic rings. The second-order valence-electron chi connectivity index (χ2n) is 4.68. The smallest absolute Gasteiger partial charge is 0.00176 e. The van der Waals surface area contributed by atoms with E-state index in [1.807, 2.05) is 18.2 Å². The lowest BCUT2D eigenvalue weighted by Crippen LogP contribution is -1.89. The molecule has 0 heterocycles. The molecule has 96 valence electrons. The Morgan fingerprint density at radius 1 is 0.947 bits per heavy atom. The van der Waals surface area contributed by atoms with Crippen LogP contribution in [0.5, 0.6) is 0 Å². The van der Waals surface area contributed by atoms with E-state index in [2.05, 4.69) is 56.3 Å². The lowest BCUT2D eigenvalue weighted by atomic mass is 9.99. The zero-order chi connectivity index (χ0) is 13.7. The number of aryl methyl sites for hydroxylation is 1. The molecule has 0 fully saturated rings. The summed E-state index contributed by atoms with van der Waals surface area (Å²) in [6, 6.07) is 18.7. The summed E-state index contributed by atoms with van der Waals surface area (Å²) < 4.78 is 0. The van der Waals surface area contributed by atoms with E-state index in [4.69, 9.17) is 5.73 Å². The Balaban J connectivity index is 2.35. The Bertz CT molecular complexity index is 607. The van der Waals surface area contributed by atoms with Gasteiger partial charge >= 0.3 is 0 Å². The molecule has 0 saturated heterocycles. The van der Waals surface area contributed by atoms with Crippen LogP contribution in [0.2, 0.25) is 0 Å². The molecule has 19 heavy (non-hydrogen) atoms. The first-order chi connectivity index (χ1) is 9.20. The van der Waals surface area contributed by atoms with E-state index < -0.39 is 0 Å². The second kappa shape index (κ2) is 6.05. The standard InChI is InChI=1S/C18H19N/c1-14-7-6-10-17(11-14)18(13-19)12-15(2)16-8-4-3-5-9-16/h3-13H,19H2,1-2H3/b15-12+,18-13+. The Labute approximate surface area is 115 Å². The highest BCUT2D eigenvalue weighted by molar-refractivity contribution is 5.83. The third-order valence-electron chi connectivity index (χ3n) is 3.13. The maximum absolute atomic E-state index is 5.77. The third-order valence-corrected chi connectivity index (χ3v) is 3.13. The molecule has 0 unspecified atom stereocenters. The SMILES string of the molecule is C/C(=C\C(=C/N)c1cccc(C)c1)c1ccccc1. The van der Waals surface area contributed by atoms with Gasteiger partial charge in [0, 0.05) is 6.20 Å². The molecule has 0 amide bonds. The highest BCUT2D eigenvalue weighted by Crippen LogP contribution is 2.22. The van der Waals surface area contributed by atoms with E-state index in [1.54, 1.807) is 6.20 Å². The molecule has 0 atom stereocenters. The number of hydrogen-bond donors (Lipinski definition) is 1. The molecule has 2 aromatic carbocycles. The van der Waals surface area contributed by atoms with Crippen LogP contribution < -0.4 is 5.73 Å². The Morgan fingerprint density at radius 2 is 1.63 bits per heavy atom. The minimum atomic E-state index is 1.05. The molecule has 0 saturated carbocycles. The van der Waals surface area contributed by atoms with Crippen molar-refractivity contribution in [2.24, 2.45) is 5.73 Å². The fourth-order valence-corrected chi connectivity index (χ4v) is 2.07. The van der Waals surface area contributed by atoms with Crippen molar-refractivity contribution in [3.63, 3.8) is 0 Å². The van der Waals surface area contributed by atoms with Crippen LogP contribution in [-0.2, 0) is 0 Å². The van der Waals surface area contributed by atoms with Gasteiger partial charge in [0.1, 0.15) is 0 Å². The van der Waals surface area contributed by atoms with Crippen molar-refractivity contribution in [2.45, 2.75) is 13.8 Å². The molecule has 0 aliphatic heterocycles. The molecule has 0 aromatic heterocycles. The summed E-state index contributed by atoms with van der Waals surface area (Å²) in [6.45, 7) is 4.19. The molecule has 0 aliphatic rings. The number of hydrogen-bond acceptors (Lipinski definition) is 1. The van der Waals surface area contributed by atoms with Gasteiger partial charge in [0.15, 0.2) is 0 Å². The van der Waals surface area contributed by atoms with Gasteiger partial charge in [-0.25, -0.2) is 0 Å². The van der Waals surface area contributed by atoms with Gasteiger partial charge in [0.25, 0.3) is 0 Å². The van der Waals surface area contributed by atoms with Crippen molar-refractivity contribution in [1.82, 2.24) is 0 Å². The molecular weight excluding hydrogens is 230 g/mol. The molecule has 0 spiro atoms. The van der Waals surface area contributed by atoms with Crippen LogP contribution >= 0.6 is 0 Å². The fraction of sp³-hybridized carbons (Fsp3) is 0.111. The second-order valence-corrected chi connectivity index (χ2v) is 4.68. The summed E-state index contributed by atoms with van der Waals surface area (Å²) in [6.07, 6.45) is 3.80. The summed E-state index contributed by atoms with van der Waals surface area (Å²) in [4.78, 5) is 0. The van der Waals surface area contributed by atoms with Crippen LogP contribution in [0.1, 0.15) is 23.6 Å². The number of rotatable bonds is 3. The quantitative estimate of drug-likeness (QED) is 0.802. The maximum Gasteiger partial charge on any atom is 0.00176 e. The fourth-order valence-electron chi connectivity index (χ4n) is 2.07. The van der Waals surface area contributed by atoms with Gasteiger partial charge in [0.2, 0.25) is 0 Å². The van der Waals surface area contributed by atoms with E-state index in [1.165, 1.54) is 16.7 Å². The van der Waals surface area contributed by atoms with E-state index >= 15 is 0 Å². The maximum atomic E-state index is 5.77. The monoisotopic (exact) mass is 249 g/mol. The summed E-state index contributed by atoms with van der Waals surface area (Å²) in [7, 11) is 0. The van der Waals surface area contributed by atoms with E-state index in [-0.39, 0.29) is 0 Å². The number of allylic oxidation sites excluding steroid dienone is 3. The highest BCUT2D eigenvalue weighted by Gasteiger charge is 2.00. The van der Waals surface area contributed by atoms with Gasteiger partial charge in [0.05, 0.1) is 0 Å². The van der Waals surface area contributed by atoms with Crippen LogP contribution in [0.3, 0.4) is 0 Å². The lowest BCUT2D eigenvalue weighted by molar-refractivity contribution is 1.44.